The van der Waals surface area contributed by atoms with E-state index in [0.29, 0.717) is 13.1 Å². The molecule has 7 heteroatoms. The van der Waals surface area contributed by atoms with Gasteiger partial charge in [-0.3, -0.25) is 4.99 Å². The molecule has 0 bridgehead atoms. The normalized spacial score (nSPS) is 11.8. The van der Waals surface area contributed by atoms with E-state index >= 15 is 0 Å². The molecule has 1 aromatic carbocycles. The number of rotatable bonds is 6. The highest BCUT2D eigenvalue weighted by Gasteiger charge is 2.16. The van der Waals surface area contributed by atoms with Crippen molar-refractivity contribution in [3.63, 3.8) is 0 Å². The summed E-state index contributed by atoms with van der Waals surface area (Å²) in [5.74, 6) is 0.742. The Labute approximate surface area is 167 Å². The third-order valence-electron chi connectivity index (χ3n) is 3.86. The predicted octanol–water partition coefficient (Wildman–Crippen LogP) is 2.89. The molecule has 6 nitrogen and oxygen atoms in total. The zero-order valence-corrected chi connectivity index (χ0v) is 17.9. The van der Waals surface area contributed by atoms with Crippen molar-refractivity contribution in [2.45, 2.75) is 32.9 Å². The van der Waals surface area contributed by atoms with Gasteiger partial charge in [0.1, 0.15) is 0 Å². The number of ether oxygens (including phenoxy) is 1. The lowest BCUT2D eigenvalue weighted by molar-refractivity contribution is 0.0268. The molecular weight excluding hydrogens is 429 g/mol. The smallest absolute Gasteiger partial charge is 0.191 e. The summed E-state index contributed by atoms with van der Waals surface area (Å²) in [6.07, 6.45) is 1.97. The molecule has 0 aliphatic carbocycles. The molecule has 0 atom stereocenters. The first-order valence-corrected chi connectivity index (χ1v) is 8.05. The Morgan fingerprint density at radius 3 is 2.56 bits per heavy atom. The average molecular weight is 457 g/mol. The van der Waals surface area contributed by atoms with Gasteiger partial charge >= 0.3 is 0 Å². The first-order chi connectivity index (χ1) is 11.4. The van der Waals surface area contributed by atoms with Gasteiger partial charge in [-0.25, -0.2) is 4.68 Å². The van der Waals surface area contributed by atoms with Gasteiger partial charge in [0.25, 0.3) is 0 Å². The van der Waals surface area contributed by atoms with Crippen LogP contribution in [0.25, 0.3) is 5.69 Å². The molecule has 2 aromatic rings. The largest absolute Gasteiger partial charge is 0.377 e. The third-order valence-corrected chi connectivity index (χ3v) is 3.86. The fourth-order valence-corrected chi connectivity index (χ4v) is 2.20. The van der Waals surface area contributed by atoms with E-state index < -0.39 is 0 Å². The summed E-state index contributed by atoms with van der Waals surface area (Å²) >= 11 is 0. The van der Waals surface area contributed by atoms with Crippen LogP contribution in [0.4, 0.5) is 0 Å². The Balaban J connectivity index is 0.00000312. The van der Waals surface area contributed by atoms with Crippen molar-refractivity contribution in [3.05, 3.63) is 47.8 Å². The van der Waals surface area contributed by atoms with Gasteiger partial charge in [0.05, 0.1) is 17.0 Å². The van der Waals surface area contributed by atoms with E-state index in [1.54, 1.807) is 14.2 Å². The molecule has 0 radical (unpaired) electrons. The highest BCUT2D eigenvalue weighted by Crippen LogP contribution is 2.14. The minimum Gasteiger partial charge on any atom is -0.377 e. The minimum atomic E-state index is -0.248. The number of methoxy groups -OCH3 is 1. The Morgan fingerprint density at radius 2 is 1.96 bits per heavy atom. The lowest BCUT2D eigenvalue weighted by Crippen LogP contribution is -2.45. The van der Waals surface area contributed by atoms with E-state index in [0.717, 1.165) is 22.9 Å². The number of aromatic nitrogens is 2. The number of hydrogen-bond donors (Lipinski definition) is 2. The lowest BCUT2D eigenvalue weighted by Gasteiger charge is -2.24. The summed E-state index contributed by atoms with van der Waals surface area (Å²) in [6.45, 7) is 7.37. The van der Waals surface area contributed by atoms with Crippen molar-refractivity contribution in [3.8, 4) is 5.69 Å². The first-order valence-electron chi connectivity index (χ1n) is 8.05. The molecule has 0 aliphatic rings. The Hall–Kier alpha value is -1.61. The summed E-state index contributed by atoms with van der Waals surface area (Å²) in [4.78, 5) is 4.26. The van der Waals surface area contributed by atoms with E-state index in [4.69, 9.17) is 4.74 Å². The topological polar surface area (TPSA) is 63.5 Å². The average Bonchev–Trinajstić information content (AvgIpc) is 3.01. The van der Waals surface area contributed by atoms with Crippen LogP contribution >= 0.6 is 24.0 Å². The minimum absolute atomic E-state index is 0. The fraction of sp³-hybridized carbons (Fsp3) is 0.444. The van der Waals surface area contributed by atoms with E-state index in [1.165, 1.54) is 0 Å². The van der Waals surface area contributed by atoms with E-state index in [2.05, 4.69) is 32.9 Å². The highest BCUT2D eigenvalue weighted by molar-refractivity contribution is 14.0. The number of nitrogens with zero attached hydrogens (tertiary/aromatic N) is 3. The quantitative estimate of drug-likeness (QED) is 0.398. The summed E-state index contributed by atoms with van der Waals surface area (Å²) in [6, 6.07) is 10.2. The molecule has 138 valence electrons. The van der Waals surface area contributed by atoms with Crippen molar-refractivity contribution in [2.24, 2.45) is 4.99 Å². The molecule has 0 spiro atoms. The molecule has 2 N–H and O–H groups in total. The molecular formula is C18H28IN5O. The number of benzene rings is 1. The maximum atomic E-state index is 5.42. The van der Waals surface area contributed by atoms with Crippen molar-refractivity contribution >= 4 is 29.9 Å². The van der Waals surface area contributed by atoms with Crippen LogP contribution in [0.2, 0.25) is 0 Å². The van der Waals surface area contributed by atoms with Crippen LogP contribution < -0.4 is 10.6 Å². The summed E-state index contributed by atoms with van der Waals surface area (Å²) in [5.41, 5.74) is 2.96. The van der Waals surface area contributed by atoms with Crippen LogP contribution in [-0.4, -0.2) is 42.0 Å². The van der Waals surface area contributed by atoms with Crippen molar-refractivity contribution in [1.29, 1.82) is 0 Å². The van der Waals surface area contributed by atoms with Crippen LogP contribution in [0.15, 0.2) is 41.5 Å². The second-order valence-electron chi connectivity index (χ2n) is 6.27. The van der Waals surface area contributed by atoms with Crippen LogP contribution in [0.3, 0.4) is 0 Å². The second kappa shape index (κ2) is 9.76. The number of aliphatic imine (C=N–C) groups is 1. The lowest BCUT2D eigenvalue weighted by atomic mass is 10.1. The summed E-state index contributed by atoms with van der Waals surface area (Å²) in [7, 11) is 3.47. The number of aryl methyl sites for hydroxylation is 1. The number of halogens is 1. The molecule has 0 unspecified atom stereocenters. The first kappa shape index (κ1) is 21.4. The van der Waals surface area contributed by atoms with Crippen LogP contribution in [0, 0.1) is 6.92 Å². The number of guanidine groups is 1. The Bertz CT molecular complexity index is 696. The van der Waals surface area contributed by atoms with Crippen LogP contribution in [0.5, 0.6) is 0 Å². The monoisotopic (exact) mass is 457 g/mol. The standard InChI is InChI=1S/C18H27N5O.HI/c1-14-10-11-23(22-14)16-9-7-6-8-15(16)12-20-17(19-4)21-13-18(2,3)24-5;/h6-11H,12-13H2,1-5H3,(H2,19,20,21);1H. The van der Waals surface area contributed by atoms with E-state index in [9.17, 15) is 0 Å². The molecule has 0 amide bonds. The molecule has 25 heavy (non-hydrogen) atoms. The maximum absolute atomic E-state index is 5.42. The summed E-state index contributed by atoms with van der Waals surface area (Å²) < 4.78 is 7.32. The second-order valence-corrected chi connectivity index (χ2v) is 6.27. The predicted molar refractivity (Wildman–Crippen MR) is 113 cm³/mol. The Kier molecular flexibility index (Phi) is 8.37. The zero-order valence-electron chi connectivity index (χ0n) is 15.5. The van der Waals surface area contributed by atoms with Crippen LogP contribution in [-0.2, 0) is 11.3 Å². The number of nitrogens with one attached hydrogen (secondary N) is 2. The molecule has 0 saturated carbocycles. The highest BCUT2D eigenvalue weighted by atomic mass is 127. The number of hydrogen-bond acceptors (Lipinski definition) is 3. The van der Waals surface area contributed by atoms with Gasteiger partial charge in [-0.05, 0) is 38.5 Å². The van der Waals surface area contributed by atoms with Crippen LogP contribution in [0.1, 0.15) is 25.1 Å². The Morgan fingerprint density at radius 1 is 1.24 bits per heavy atom. The molecule has 0 aliphatic heterocycles. The van der Waals surface area contributed by atoms with Crippen molar-refractivity contribution in [2.75, 3.05) is 20.7 Å². The maximum Gasteiger partial charge on any atom is 0.191 e. The van der Waals surface area contributed by atoms with Gasteiger partial charge in [0, 0.05) is 33.4 Å². The van der Waals surface area contributed by atoms with Crippen molar-refractivity contribution in [1.82, 2.24) is 20.4 Å². The third kappa shape index (κ3) is 6.32. The number of para-hydroxylation sites is 1. The molecule has 2 rings (SSSR count). The van der Waals surface area contributed by atoms with Gasteiger partial charge in [-0.2, -0.15) is 5.10 Å². The van der Waals surface area contributed by atoms with Gasteiger partial charge in [-0.15, -0.1) is 24.0 Å². The van der Waals surface area contributed by atoms with Gasteiger partial charge in [0.2, 0.25) is 0 Å². The molecule has 0 saturated heterocycles. The molecule has 1 heterocycles. The molecule has 1 aromatic heterocycles. The van der Waals surface area contributed by atoms with E-state index in [1.807, 2.05) is 49.8 Å². The van der Waals surface area contributed by atoms with Gasteiger partial charge in [0.15, 0.2) is 5.96 Å². The van der Waals surface area contributed by atoms with Gasteiger partial charge < -0.3 is 15.4 Å². The molecule has 0 fully saturated rings. The zero-order chi connectivity index (χ0) is 17.6. The fourth-order valence-electron chi connectivity index (χ4n) is 2.20. The van der Waals surface area contributed by atoms with Crippen molar-refractivity contribution < 1.29 is 4.74 Å². The SMILES string of the molecule is CN=C(NCc1ccccc1-n1ccc(C)n1)NCC(C)(C)OC.I. The van der Waals surface area contributed by atoms with E-state index in [-0.39, 0.29) is 29.6 Å². The summed E-state index contributed by atoms with van der Waals surface area (Å²) in [5, 5.41) is 11.1. The van der Waals surface area contributed by atoms with Gasteiger partial charge in [-0.1, -0.05) is 18.2 Å².